The Morgan fingerprint density at radius 3 is 3.00 bits per heavy atom. The Morgan fingerprint density at radius 2 is 2.14 bits per heavy atom. The zero-order chi connectivity index (χ0) is 14.4. The quantitative estimate of drug-likeness (QED) is 0.925. The number of pyridine rings is 1. The molecule has 110 valence electrons. The van der Waals surface area contributed by atoms with Gasteiger partial charge in [-0.3, -0.25) is 4.79 Å². The number of hydrogen-bond donors (Lipinski definition) is 1. The Labute approximate surface area is 128 Å². The van der Waals surface area contributed by atoms with Crippen molar-refractivity contribution in [2.75, 3.05) is 19.6 Å². The van der Waals surface area contributed by atoms with Crippen molar-refractivity contribution in [3.05, 3.63) is 41.2 Å². The minimum Gasteiger partial charge on any atom is -0.348 e. The van der Waals surface area contributed by atoms with Gasteiger partial charge < -0.3 is 14.6 Å². The molecule has 4 nitrogen and oxygen atoms in total. The van der Waals surface area contributed by atoms with Gasteiger partial charge in [-0.25, -0.2) is 0 Å². The molecule has 2 bridgehead atoms. The zero-order valence-corrected chi connectivity index (χ0v) is 12.5. The summed E-state index contributed by atoms with van der Waals surface area (Å²) in [5.41, 5.74) is 1.55. The Hall–Kier alpha value is -1.52. The van der Waals surface area contributed by atoms with Crippen molar-refractivity contribution >= 4 is 23.0 Å². The average molecular weight is 304 g/mol. The van der Waals surface area contributed by atoms with Crippen LogP contribution in [0.2, 0.25) is 5.02 Å². The molecule has 2 aliphatic rings. The van der Waals surface area contributed by atoms with Gasteiger partial charge in [0.25, 0.3) is 5.91 Å². The molecule has 21 heavy (non-hydrogen) atoms. The highest BCUT2D eigenvalue weighted by Crippen LogP contribution is 2.27. The predicted molar refractivity (Wildman–Crippen MR) is 82.8 cm³/mol. The van der Waals surface area contributed by atoms with Crippen LogP contribution in [-0.4, -0.2) is 40.9 Å². The van der Waals surface area contributed by atoms with Gasteiger partial charge in [-0.1, -0.05) is 11.6 Å². The molecule has 2 saturated heterocycles. The topological polar surface area (TPSA) is 36.8 Å². The first-order valence-corrected chi connectivity index (χ1v) is 7.86. The molecule has 2 aliphatic heterocycles. The summed E-state index contributed by atoms with van der Waals surface area (Å²) in [6, 6.07) is 5.81. The van der Waals surface area contributed by atoms with Crippen LogP contribution in [0.15, 0.2) is 30.6 Å². The van der Waals surface area contributed by atoms with Crippen LogP contribution in [0.25, 0.3) is 5.52 Å². The largest absolute Gasteiger partial charge is 0.348 e. The fourth-order valence-electron chi connectivity index (χ4n) is 3.64. The highest BCUT2D eigenvalue weighted by Gasteiger charge is 2.32. The van der Waals surface area contributed by atoms with Crippen LogP contribution in [0.3, 0.4) is 0 Å². The maximum absolute atomic E-state index is 12.4. The Morgan fingerprint density at radius 1 is 1.29 bits per heavy atom. The van der Waals surface area contributed by atoms with E-state index in [1.165, 1.54) is 19.5 Å². The second kappa shape index (κ2) is 5.04. The van der Waals surface area contributed by atoms with Gasteiger partial charge in [0, 0.05) is 37.1 Å². The lowest BCUT2D eigenvalue weighted by atomic mass is 9.96. The van der Waals surface area contributed by atoms with Gasteiger partial charge in [0.05, 0.1) is 10.5 Å². The van der Waals surface area contributed by atoms with E-state index in [4.69, 9.17) is 11.6 Å². The number of halogens is 1. The standard InChI is InChI=1S/C16H18ClN3O/c17-14-3-6-20-5-2-12(8-15(14)20)16(21)18-13-7-11-1-4-19(9-11)10-13/h2-3,5-6,8,11,13H,1,4,7,9-10H2,(H,18,21). The van der Waals surface area contributed by atoms with Gasteiger partial charge in [0.15, 0.2) is 0 Å². The number of carbonyl (C=O) groups is 1. The van der Waals surface area contributed by atoms with Gasteiger partial charge in [-0.05, 0) is 43.5 Å². The van der Waals surface area contributed by atoms with E-state index < -0.39 is 0 Å². The number of nitrogens with one attached hydrogen (secondary N) is 1. The van der Waals surface area contributed by atoms with Crippen LogP contribution in [0.4, 0.5) is 0 Å². The molecule has 3 unspecified atom stereocenters. The van der Waals surface area contributed by atoms with E-state index >= 15 is 0 Å². The van der Waals surface area contributed by atoms with Gasteiger partial charge >= 0.3 is 0 Å². The third-order valence-corrected chi connectivity index (χ3v) is 4.99. The van der Waals surface area contributed by atoms with Gasteiger partial charge in [0.1, 0.15) is 0 Å². The number of rotatable bonds is 2. The molecular weight excluding hydrogens is 286 g/mol. The van der Waals surface area contributed by atoms with Crippen molar-refractivity contribution < 1.29 is 4.79 Å². The van der Waals surface area contributed by atoms with E-state index in [2.05, 4.69) is 10.2 Å². The first-order chi connectivity index (χ1) is 10.2. The number of nitrogens with zero attached hydrogens (tertiary/aromatic N) is 2. The van der Waals surface area contributed by atoms with E-state index in [1.807, 2.05) is 35.0 Å². The van der Waals surface area contributed by atoms with Crippen LogP contribution < -0.4 is 5.32 Å². The molecule has 0 radical (unpaired) electrons. The summed E-state index contributed by atoms with van der Waals surface area (Å²) in [6.07, 6.45) is 6.16. The number of hydrogen-bond acceptors (Lipinski definition) is 2. The first-order valence-electron chi connectivity index (χ1n) is 7.48. The number of amides is 1. The lowest BCUT2D eigenvalue weighted by Gasteiger charge is -2.30. The monoisotopic (exact) mass is 303 g/mol. The van der Waals surface area contributed by atoms with Crippen LogP contribution >= 0.6 is 11.6 Å². The van der Waals surface area contributed by atoms with Crippen molar-refractivity contribution in [2.45, 2.75) is 18.9 Å². The molecular formula is C16H18ClN3O. The summed E-state index contributed by atoms with van der Waals surface area (Å²) in [5.74, 6) is 0.758. The van der Waals surface area contributed by atoms with Gasteiger partial charge in [-0.2, -0.15) is 0 Å². The summed E-state index contributed by atoms with van der Waals surface area (Å²) < 4.78 is 1.92. The van der Waals surface area contributed by atoms with E-state index in [1.54, 1.807) is 0 Å². The van der Waals surface area contributed by atoms with Crippen LogP contribution in [0, 0.1) is 5.92 Å². The number of carbonyl (C=O) groups excluding carboxylic acids is 1. The predicted octanol–water partition coefficient (Wildman–Crippen LogP) is 2.42. The lowest BCUT2D eigenvalue weighted by molar-refractivity contribution is 0.0909. The Balaban J connectivity index is 1.52. The summed E-state index contributed by atoms with van der Waals surface area (Å²) >= 11 is 6.13. The zero-order valence-electron chi connectivity index (χ0n) is 11.8. The Bertz CT molecular complexity index is 684. The third-order valence-electron chi connectivity index (χ3n) is 4.68. The molecule has 0 aliphatic carbocycles. The lowest BCUT2D eigenvalue weighted by Crippen LogP contribution is -2.47. The SMILES string of the molecule is O=C(NC1CC2CCN(C2)C1)c1ccn2ccc(Cl)c2c1. The van der Waals surface area contributed by atoms with Gasteiger partial charge in [0.2, 0.25) is 0 Å². The molecule has 2 aromatic heterocycles. The third kappa shape index (κ3) is 2.43. The normalized spacial score (nSPS) is 28.0. The molecule has 2 aromatic rings. The minimum absolute atomic E-state index is 0.00210. The van der Waals surface area contributed by atoms with Crippen LogP contribution in [0.5, 0.6) is 0 Å². The molecule has 0 saturated carbocycles. The highest BCUT2D eigenvalue weighted by atomic mass is 35.5. The average Bonchev–Trinajstić information content (AvgIpc) is 3.02. The van der Waals surface area contributed by atoms with Gasteiger partial charge in [-0.15, -0.1) is 0 Å². The van der Waals surface area contributed by atoms with Crippen LogP contribution in [0.1, 0.15) is 23.2 Å². The van der Waals surface area contributed by atoms with Crippen molar-refractivity contribution in [2.24, 2.45) is 5.92 Å². The highest BCUT2D eigenvalue weighted by molar-refractivity contribution is 6.34. The number of piperidine rings is 1. The van der Waals surface area contributed by atoms with E-state index in [0.717, 1.165) is 24.4 Å². The van der Waals surface area contributed by atoms with Crippen LogP contribution in [-0.2, 0) is 0 Å². The van der Waals surface area contributed by atoms with E-state index in [9.17, 15) is 4.79 Å². The number of fused-ring (bicyclic) bond motifs is 3. The Kier molecular flexibility index (Phi) is 3.16. The summed E-state index contributed by atoms with van der Waals surface area (Å²) in [7, 11) is 0. The van der Waals surface area contributed by atoms with Crippen molar-refractivity contribution in [3.8, 4) is 0 Å². The molecule has 3 atom stereocenters. The molecule has 1 N–H and O–H groups in total. The fraction of sp³-hybridized carbons (Fsp3) is 0.438. The molecule has 0 spiro atoms. The molecule has 4 rings (SSSR count). The molecule has 4 heterocycles. The van der Waals surface area contributed by atoms with E-state index in [-0.39, 0.29) is 11.9 Å². The second-order valence-corrected chi connectivity index (χ2v) is 6.60. The molecule has 0 aromatic carbocycles. The molecule has 2 fully saturated rings. The summed E-state index contributed by atoms with van der Waals surface area (Å²) in [5, 5.41) is 3.85. The van der Waals surface area contributed by atoms with Crippen molar-refractivity contribution in [3.63, 3.8) is 0 Å². The molecule has 5 heteroatoms. The summed E-state index contributed by atoms with van der Waals surface area (Å²) in [6.45, 7) is 3.37. The van der Waals surface area contributed by atoms with E-state index in [0.29, 0.717) is 10.6 Å². The fourth-order valence-corrected chi connectivity index (χ4v) is 3.85. The maximum atomic E-state index is 12.4. The second-order valence-electron chi connectivity index (χ2n) is 6.19. The van der Waals surface area contributed by atoms with Crippen molar-refractivity contribution in [1.29, 1.82) is 0 Å². The maximum Gasteiger partial charge on any atom is 0.251 e. The molecule has 1 amide bonds. The minimum atomic E-state index is 0.00210. The van der Waals surface area contributed by atoms with Crippen molar-refractivity contribution in [1.82, 2.24) is 14.6 Å². The smallest absolute Gasteiger partial charge is 0.251 e. The summed E-state index contributed by atoms with van der Waals surface area (Å²) in [4.78, 5) is 14.9. The number of aromatic nitrogens is 1. The first kappa shape index (κ1) is 13.2.